The van der Waals surface area contributed by atoms with Gasteiger partial charge in [0.25, 0.3) is 11.5 Å². The molecular formula is C18H19ClN2O3. The van der Waals surface area contributed by atoms with E-state index < -0.39 is 5.91 Å². The second kappa shape index (κ2) is 6.69. The molecule has 1 aromatic heterocycles. The number of hydrogen-bond acceptors (Lipinski definition) is 3. The van der Waals surface area contributed by atoms with Gasteiger partial charge in [0.05, 0.1) is 12.8 Å². The summed E-state index contributed by atoms with van der Waals surface area (Å²) >= 11 is 5.97. The van der Waals surface area contributed by atoms with E-state index in [-0.39, 0.29) is 11.1 Å². The number of nitrogens with one attached hydrogen (secondary N) is 2. The van der Waals surface area contributed by atoms with Crippen LogP contribution in [0.2, 0.25) is 5.02 Å². The zero-order chi connectivity index (χ0) is 17.3. The van der Waals surface area contributed by atoms with Gasteiger partial charge in [-0.05, 0) is 55.0 Å². The van der Waals surface area contributed by atoms with Gasteiger partial charge in [-0.2, -0.15) is 0 Å². The third-order valence-electron chi connectivity index (χ3n) is 4.33. The van der Waals surface area contributed by atoms with E-state index in [2.05, 4.69) is 17.2 Å². The number of carbonyl (C=O) groups excluding carboxylic acids is 1. The molecule has 2 N–H and O–H groups in total. The molecule has 0 bridgehead atoms. The highest BCUT2D eigenvalue weighted by Gasteiger charge is 2.20. The lowest BCUT2D eigenvalue weighted by molar-refractivity contribution is 0.102. The lowest BCUT2D eigenvalue weighted by Crippen LogP contribution is -2.27. The molecule has 1 aromatic carbocycles. The van der Waals surface area contributed by atoms with Gasteiger partial charge < -0.3 is 15.0 Å². The molecule has 1 aliphatic carbocycles. The number of fused-ring (bicyclic) bond motifs is 1. The highest BCUT2D eigenvalue weighted by atomic mass is 35.5. The van der Waals surface area contributed by atoms with Crippen LogP contribution in [-0.4, -0.2) is 18.0 Å². The summed E-state index contributed by atoms with van der Waals surface area (Å²) in [5.41, 5.74) is 2.14. The van der Waals surface area contributed by atoms with Crippen LogP contribution in [0.15, 0.2) is 29.1 Å². The minimum absolute atomic E-state index is 0.102. The number of anilines is 1. The predicted molar refractivity (Wildman–Crippen MR) is 94.2 cm³/mol. The standard InChI is InChI=1S/C18H19ClN2O3/c1-10-3-5-14-11(7-10)8-13(17(22)20-14)18(23)21-15-9-12(19)4-6-16(15)24-2/h4,6,8-10H,3,5,7H2,1-2H3,(H,20,22)(H,21,23). The Balaban J connectivity index is 1.92. The van der Waals surface area contributed by atoms with Crippen LogP contribution in [0, 0.1) is 5.92 Å². The van der Waals surface area contributed by atoms with Gasteiger partial charge >= 0.3 is 0 Å². The van der Waals surface area contributed by atoms with Crippen LogP contribution in [0.1, 0.15) is 35.0 Å². The summed E-state index contributed by atoms with van der Waals surface area (Å²) < 4.78 is 5.21. The van der Waals surface area contributed by atoms with Crippen LogP contribution in [0.3, 0.4) is 0 Å². The Morgan fingerprint density at radius 2 is 2.17 bits per heavy atom. The van der Waals surface area contributed by atoms with Crippen molar-refractivity contribution < 1.29 is 9.53 Å². The number of hydrogen-bond donors (Lipinski definition) is 2. The zero-order valence-electron chi connectivity index (χ0n) is 13.6. The topological polar surface area (TPSA) is 71.2 Å². The maximum absolute atomic E-state index is 12.6. The number of halogens is 1. The first kappa shape index (κ1) is 16.6. The summed E-state index contributed by atoms with van der Waals surface area (Å²) in [5.74, 6) is 0.556. The molecule has 0 saturated carbocycles. The van der Waals surface area contributed by atoms with E-state index in [1.807, 2.05) is 0 Å². The van der Waals surface area contributed by atoms with E-state index in [1.165, 1.54) is 7.11 Å². The average molecular weight is 347 g/mol. The third-order valence-corrected chi connectivity index (χ3v) is 4.56. The van der Waals surface area contributed by atoms with Crippen LogP contribution in [-0.2, 0) is 12.8 Å². The van der Waals surface area contributed by atoms with Crippen molar-refractivity contribution in [3.8, 4) is 5.75 Å². The summed E-state index contributed by atoms with van der Waals surface area (Å²) in [6.45, 7) is 2.17. The molecule has 0 radical (unpaired) electrons. The van der Waals surface area contributed by atoms with Crippen LogP contribution in [0.5, 0.6) is 5.75 Å². The van der Waals surface area contributed by atoms with Gasteiger partial charge in [0.2, 0.25) is 0 Å². The Hall–Kier alpha value is -2.27. The monoisotopic (exact) mass is 346 g/mol. The number of pyridine rings is 1. The second-order valence-electron chi connectivity index (χ2n) is 6.16. The molecule has 0 aliphatic heterocycles. The van der Waals surface area contributed by atoms with E-state index in [0.29, 0.717) is 22.4 Å². The molecular weight excluding hydrogens is 328 g/mol. The van der Waals surface area contributed by atoms with Crippen LogP contribution in [0.25, 0.3) is 0 Å². The van der Waals surface area contributed by atoms with E-state index in [9.17, 15) is 9.59 Å². The first-order valence-corrected chi connectivity index (χ1v) is 8.25. The highest BCUT2D eigenvalue weighted by molar-refractivity contribution is 6.31. The van der Waals surface area contributed by atoms with Gasteiger partial charge in [-0.15, -0.1) is 0 Å². The van der Waals surface area contributed by atoms with Crippen LogP contribution in [0.4, 0.5) is 5.69 Å². The molecule has 2 aromatic rings. The number of carbonyl (C=O) groups is 1. The first-order chi connectivity index (χ1) is 11.5. The number of aromatic nitrogens is 1. The minimum Gasteiger partial charge on any atom is -0.495 e. The quantitative estimate of drug-likeness (QED) is 0.894. The Morgan fingerprint density at radius 3 is 2.92 bits per heavy atom. The maximum Gasteiger partial charge on any atom is 0.261 e. The second-order valence-corrected chi connectivity index (χ2v) is 6.60. The van der Waals surface area contributed by atoms with Gasteiger partial charge in [-0.1, -0.05) is 18.5 Å². The normalized spacial score (nSPS) is 16.4. The largest absolute Gasteiger partial charge is 0.495 e. The number of aromatic amines is 1. The van der Waals surface area contributed by atoms with Gasteiger partial charge in [-0.3, -0.25) is 9.59 Å². The lowest BCUT2D eigenvalue weighted by Gasteiger charge is -2.21. The van der Waals surface area contributed by atoms with Crippen molar-refractivity contribution in [1.29, 1.82) is 0 Å². The SMILES string of the molecule is COc1ccc(Cl)cc1NC(=O)c1cc2c([nH]c1=O)CCC(C)C2. The molecule has 1 heterocycles. The fourth-order valence-electron chi connectivity index (χ4n) is 3.02. The van der Waals surface area contributed by atoms with E-state index >= 15 is 0 Å². The van der Waals surface area contributed by atoms with Crippen LogP contribution >= 0.6 is 11.6 Å². The molecule has 1 unspecified atom stereocenters. The molecule has 0 saturated heterocycles. The summed E-state index contributed by atoms with van der Waals surface area (Å²) in [7, 11) is 1.51. The molecule has 0 spiro atoms. The number of methoxy groups -OCH3 is 1. The van der Waals surface area contributed by atoms with Crippen molar-refractivity contribution >= 4 is 23.2 Å². The fourth-order valence-corrected chi connectivity index (χ4v) is 3.19. The van der Waals surface area contributed by atoms with Crippen molar-refractivity contribution in [3.63, 3.8) is 0 Å². The Morgan fingerprint density at radius 1 is 1.38 bits per heavy atom. The number of amides is 1. The maximum atomic E-state index is 12.6. The smallest absolute Gasteiger partial charge is 0.261 e. The van der Waals surface area contributed by atoms with Gasteiger partial charge in [0.15, 0.2) is 0 Å². The number of rotatable bonds is 3. The van der Waals surface area contributed by atoms with Crippen molar-refractivity contribution in [2.24, 2.45) is 5.92 Å². The van der Waals surface area contributed by atoms with Crippen molar-refractivity contribution in [1.82, 2.24) is 4.98 Å². The Bertz CT molecular complexity index is 845. The third kappa shape index (κ3) is 3.31. The predicted octanol–water partition coefficient (Wildman–Crippen LogP) is 3.41. The van der Waals surface area contributed by atoms with E-state index in [4.69, 9.17) is 16.3 Å². The average Bonchev–Trinajstić information content (AvgIpc) is 2.54. The summed E-state index contributed by atoms with van der Waals surface area (Å²) in [6, 6.07) is 6.63. The first-order valence-electron chi connectivity index (χ1n) is 7.88. The van der Waals surface area contributed by atoms with Crippen LogP contribution < -0.4 is 15.6 Å². The van der Waals surface area contributed by atoms with Crippen molar-refractivity contribution in [2.45, 2.75) is 26.2 Å². The number of aryl methyl sites for hydroxylation is 1. The summed E-state index contributed by atoms with van der Waals surface area (Å²) in [4.78, 5) is 27.7. The molecule has 1 atom stereocenters. The molecule has 3 rings (SSSR count). The molecule has 24 heavy (non-hydrogen) atoms. The van der Waals surface area contributed by atoms with Gasteiger partial charge in [0, 0.05) is 10.7 Å². The fraction of sp³-hybridized carbons (Fsp3) is 0.333. The Kier molecular flexibility index (Phi) is 4.62. The molecule has 5 nitrogen and oxygen atoms in total. The Labute approximate surface area is 145 Å². The van der Waals surface area contributed by atoms with E-state index in [1.54, 1.807) is 24.3 Å². The minimum atomic E-state index is -0.474. The number of benzene rings is 1. The summed E-state index contributed by atoms with van der Waals surface area (Å²) in [6.07, 6.45) is 2.76. The zero-order valence-corrected chi connectivity index (χ0v) is 14.4. The van der Waals surface area contributed by atoms with Crippen molar-refractivity contribution in [3.05, 3.63) is 56.5 Å². The molecule has 1 aliphatic rings. The molecule has 126 valence electrons. The van der Waals surface area contributed by atoms with Crippen molar-refractivity contribution in [2.75, 3.05) is 12.4 Å². The number of H-pyrrole nitrogens is 1. The van der Waals surface area contributed by atoms with Gasteiger partial charge in [-0.25, -0.2) is 0 Å². The van der Waals surface area contributed by atoms with E-state index in [0.717, 1.165) is 30.5 Å². The summed E-state index contributed by atoms with van der Waals surface area (Å²) in [5, 5.41) is 3.18. The molecule has 0 fully saturated rings. The molecule has 1 amide bonds. The lowest BCUT2D eigenvalue weighted by atomic mass is 9.87. The molecule has 6 heteroatoms. The number of ether oxygens (including phenoxy) is 1. The van der Waals surface area contributed by atoms with Gasteiger partial charge in [0.1, 0.15) is 11.3 Å². The highest BCUT2D eigenvalue weighted by Crippen LogP contribution is 2.28.